The number of esters is 1. The molecule has 1 heterocycles. The summed E-state index contributed by atoms with van der Waals surface area (Å²) in [7, 11) is 0. The largest absolute Gasteiger partial charge is 0.465 e. The zero-order valence-corrected chi connectivity index (χ0v) is 18.2. The standard InChI is InChI=1S/C23H29FN2O4/c1-6-29-21(27)19(14-25)20(18-8-7-17(24)13-15(18)2)16-9-11-26(12-10-16)22(28)30-23(3,4)5/h7-9,13,19-20H,6,10-12H2,1-5H3. The molecular formula is C23H29FN2O4. The molecule has 1 aliphatic rings. The highest BCUT2D eigenvalue weighted by atomic mass is 19.1. The smallest absolute Gasteiger partial charge is 0.410 e. The SMILES string of the molecule is CCOC(=O)C(C#N)C(C1=CCN(C(=O)OC(C)(C)C)CC1)c1ccc(F)cc1C. The topological polar surface area (TPSA) is 79.6 Å². The zero-order chi connectivity index (χ0) is 22.5. The maximum Gasteiger partial charge on any atom is 0.410 e. The second-order valence-electron chi connectivity index (χ2n) is 8.29. The van der Waals surface area contributed by atoms with Crippen LogP contribution in [0.5, 0.6) is 0 Å². The van der Waals surface area contributed by atoms with Crippen molar-refractivity contribution in [2.24, 2.45) is 5.92 Å². The van der Waals surface area contributed by atoms with E-state index in [4.69, 9.17) is 9.47 Å². The number of rotatable bonds is 5. The van der Waals surface area contributed by atoms with Crippen molar-refractivity contribution in [2.45, 2.75) is 52.6 Å². The molecule has 162 valence electrons. The molecule has 1 amide bonds. The summed E-state index contributed by atoms with van der Waals surface area (Å²) in [5, 5.41) is 9.76. The Balaban J connectivity index is 2.37. The van der Waals surface area contributed by atoms with Crippen LogP contribution < -0.4 is 0 Å². The molecule has 0 bridgehead atoms. The molecule has 0 saturated heterocycles. The minimum atomic E-state index is -1.06. The predicted octanol–water partition coefficient (Wildman–Crippen LogP) is 4.49. The molecule has 30 heavy (non-hydrogen) atoms. The number of hydrogen-bond donors (Lipinski definition) is 0. The van der Waals surface area contributed by atoms with E-state index < -0.39 is 29.5 Å². The Kier molecular flexibility index (Phi) is 7.60. The number of aryl methyl sites for hydroxylation is 1. The molecule has 1 aromatic carbocycles. The number of halogens is 1. The summed E-state index contributed by atoms with van der Waals surface area (Å²) in [6.45, 7) is 9.73. The van der Waals surface area contributed by atoms with Crippen LogP contribution in [0.4, 0.5) is 9.18 Å². The summed E-state index contributed by atoms with van der Waals surface area (Å²) in [5.41, 5.74) is 1.61. The van der Waals surface area contributed by atoms with E-state index in [-0.39, 0.29) is 12.4 Å². The normalized spacial score (nSPS) is 16.2. The van der Waals surface area contributed by atoms with Crippen LogP contribution in [0.3, 0.4) is 0 Å². The van der Waals surface area contributed by atoms with Gasteiger partial charge in [0.1, 0.15) is 11.4 Å². The van der Waals surface area contributed by atoms with Crippen LogP contribution in [0.1, 0.15) is 51.2 Å². The third kappa shape index (κ3) is 5.82. The lowest BCUT2D eigenvalue weighted by Gasteiger charge is -2.33. The van der Waals surface area contributed by atoms with Gasteiger partial charge in [-0.1, -0.05) is 17.7 Å². The van der Waals surface area contributed by atoms with Gasteiger partial charge in [-0.05, 0) is 64.3 Å². The average molecular weight is 416 g/mol. The summed E-state index contributed by atoms with van der Waals surface area (Å²) in [5.74, 6) is -2.62. The van der Waals surface area contributed by atoms with E-state index in [2.05, 4.69) is 6.07 Å². The number of ether oxygens (including phenoxy) is 2. The summed E-state index contributed by atoms with van der Waals surface area (Å²) < 4.78 is 24.2. The second kappa shape index (κ2) is 9.75. The molecule has 0 N–H and O–H groups in total. The molecule has 2 atom stereocenters. The maximum atomic E-state index is 13.7. The van der Waals surface area contributed by atoms with Crippen LogP contribution >= 0.6 is 0 Å². The van der Waals surface area contributed by atoms with Crippen LogP contribution in [0.15, 0.2) is 29.8 Å². The van der Waals surface area contributed by atoms with Crippen molar-refractivity contribution >= 4 is 12.1 Å². The lowest BCUT2D eigenvalue weighted by atomic mass is 9.77. The van der Waals surface area contributed by atoms with Crippen molar-refractivity contribution in [1.82, 2.24) is 4.90 Å². The number of amides is 1. The lowest BCUT2D eigenvalue weighted by molar-refractivity contribution is -0.146. The van der Waals surface area contributed by atoms with Gasteiger partial charge in [0.05, 0.1) is 12.7 Å². The first-order valence-corrected chi connectivity index (χ1v) is 10.1. The first-order valence-electron chi connectivity index (χ1n) is 10.1. The molecule has 0 fully saturated rings. The first kappa shape index (κ1) is 23.4. The van der Waals surface area contributed by atoms with Crippen LogP contribution in [-0.4, -0.2) is 42.3 Å². The minimum Gasteiger partial charge on any atom is -0.465 e. The van der Waals surface area contributed by atoms with Gasteiger partial charge in [0, 0.05) is 19.0 Å². The van der Waals surface area contributed by atoms with Crippen LogP contribution in [-0.2, 0) is 14.3 Å². The Morgan fingerprint density at radius 3 is 2.53 bits per heavy atom. The number of nitrogens with zero attached hydrogens (tertiary/aromatic N) is 2. The van der Waals surface area contributed by atoms with E-state index in [1.54, 1.807) is 45.6 Å². The van der Waals surface area contributed by atoms with Gasteiger partial charge in [0.15, 0.2) is 5.92 Å². The highest BCUT2D eigenvalue weighted by molar-refractivity contribution is 5.77. The number of carbonyl (C=O) groups excluding carboxylic acids is 2. The van der Waals surface area contributed by atoms with Crippen molar-refractivity contribution in [1.29, 1.82) is 5.26 Å². The van der Waals surface area contributed by atoms with E-state index in [1.165, 1.54) is 12.1 Å². The van der Waals surface area contributed by atoms with Gasteiger partial charge < -0.3 is 14.4 Å². The maximum absolute atomic E-state index is 13.7. The van der Waals surface area contributed by atoms with E-state index in [1.807, 2.05) is 6.08 Å². The van der Waals surface area contributed by atoms with Crippen molar-refractivity contribution in [2.75, 3.05) is 19.7 Å². The third-order valence-corrected chi connectivity index (χ3v) is 4.88. The quantitative estimate of drug-likeness (QED) is 0.522. The Morgan fingerprint density at radius 2 is 2.03 bits per heavy atom. The van der Waals surface area contributed by atoms with Gasteiger partial charge in [0.2, 0.25) is 0 Å². The van der Waals surface area contributed by atoms with Crippen molar-refractivity contribution < 1.29 is 23.5 Å². The van der Waals surface area contributed by atoms with Gasteiger partial charge in [-0.25, -0.2) is 9.18 Å². The number of nitriles is 1. The molecule has 1 aliphatic heterocycles. The summed E-state index contributed by atoms with van der Waals surface area (Å²) in [6.07, 6.45) is 1.91. The highest BCUT2D eigenvalue weighted by Gasteiger charge is 2.36. The fraction of sp³-hybridized carbons (Fsp3) is 0.522. The number of carbonyl (C=O) groups is 2. The fourth-order valence-corrected chi connectivity index (χ4v) is 3.54. The molecule has 0 aromatic heterocycles. The van der Waals surface area contributed by atoms with Crippen molar-refractivity contribution in [3.8, 4) is 6.07 Å². The van der Waals surface area contributed by atoms with E-state index in [0.29, 0.717) is 30.6 Å². The third-order valence-electron chi connectivity index (χ3n) is 4.88. The van der Waals surface area contributed by atoms with Crippen LogP contribution in [0.25, 0.3) is 0 Å². The van der Waals surface area contributed by atoms with Crippen LogP contribution in [0.2, 0.25) is 0 Å². The summed E-state index contributed by atoms with van der Waals surface area (Å²) in [4.78, 5) is 26.4. The average Bonchev–Trinajstić information content (AvgIpc) is 2.66. The number of benzene rings is 1. The first-order chi connectivity index (χ1) is 14.1. The minimum absolute atomic E-state index is 0.164. The van der Waals surface area contributed by atoms with Gasteiger partial charge in [-0.15, -0.1) is 0 Å². The van der Waals surface area contributed by atoms with Gasteiger partial charge in [-0.3, -0.25) is 4.79 Å². The Labute approximate surface area is 177 Å². The Morgan fingerprint density at radius 1 is 1.33 bits per heavy atom. The molecular weight excluding hydrogens is 387 g/mol. The van der Waals surface area contributed by atoms with E-state index >= 15 is 0 Å². The molecule has 0 aliphatic carbocycles. The Bertz CT molecular complexity index is 867. The summed E-state index contributed by atoms with van der Waals surface area (Å²) >= 11 is 0. The molecule has 2 rings (SSSR count). The van der Waals surface area contributed by atoms with E-state index in [0.717, 1.165) is 5.57 Å². The van der Waals surface area contributed by atoms with Crippen LogP contribution in [0, 0.1) is 30.0 Å². The molecule has 2 unspecified atom stereocenters. The van der Waals surface area contributed by atoms with Gasteiger partial charge in [0.25, 0.3) is 0 Å². The Hall–Kier alpha value is -2.88. The zero-order valence-electron chi connectivity index (χ0n) is 18.2. The number of hydrogen-bond acceptors (Lipinski definition) is 5. The fourth-order valence-electron chi connectivity index (χ4n) is 3.54. The molecule has 0 spiro atoms. The molecule has 6 nitrogen and oxygen atoms in total. The van der Waals surface area contributed by atoms with E-state index in [9.17, 15) is 19.2 Å². The lowest BCUT2D eigenvalue weighted by Crippen LogP contribution is -2.40. The molecule has 1 aromatic rings. The van der Waals surface area contributed by atoms with Gasteiger partial charge >= 0.3 is 12.1 Å². The second-order valence-corrected chi connectivity index (χ2v) is 8.29. The van der Waals surface area contributed by atoms with Crippen molar-refractivity contribution in [3.63, 3.8) is 0 Å². The molecule has 7 heteroatoms. The van der Waals surface area contributed by atoms with Gasteiger partial charge in [-0.2, -0.15) is 5.26 Å². The highest BCUT2D eigenvalue weighted by Crippen LogP contribution is 2.38. The predicted molar refractivity (Wildman–Crippen MR) is 110 cm³/mol. The van der Waals surface area contributed by atoms with Crippen molar-refractivity contribution in [3.05, 3.63) is 46.8 Å². The summed E-state index contributed by atoms with van der Waals surface area (Å²) in [6, 6.07) is 6.40. The monoisotopic (exact) mass is 416 g/mol. The molecule has 0 radical (unpaired) electrons. The molecule has 0 saturated carbocycles.